The molecule has 7 nitrogen and oxygen atoms in total. The normalized spacial score (nSPS) is 14.6. The van der Waals surface area contributed by atoms with E-state index in [1.807, 2.05) is 35.0 Å². The molecular formula is C28H34N2O5S2. The van der Waals surface area contributed by atoms with Gasteiger partial charge in [-0.3, -0.25) is 9.59 Å². The minimum Gasteiger partial charge on any atom is -0.493 e. The van der Waals surface area contributed by atoms with E-state index in [1.54, 1.807) is 49.7 Å². The van der Waals surface area contributed by atoms with Crippen molar-refractivity contribution >= 4 is 34.5 Å². The lowest BCUT2D eigenvalue weighted by Gasteiger charge is -2.33. The van der Waals surface area contributed by atoms with E-state index in [9.17, 15) is 9.59 Å². The number of thiophene rings is 2. The first-order chi connectivity index (χ1) is 18.0. The molecule has 4 rings (SSSR count). The van der Waals surface area contributed by atoms with Crippen molar-refractivity contribution in [2.75, 3.05) is 21.3 Å². The Hall–Kier alpha value is -3.04. The van der Waals surface area contributed by atoms with Gasteiger partial charge >= 0.3 is 0 Å². The number of carbonyl (C=O) groups is 2. The van der Waals surface area contributed by atoms with Crippen LogP contribution >= 0.6 is 22.7 Å². The number of hydrogen-bond donors (Lipinski definition) is 1. The summed E-state index contributed by atoms with van der Waals surface area (Å²) in [4.78, 5) is 31.5. The molecule has 0 unspecified atom stereocenters. The number of benzene rings is 1. The zero-order valence-electron chi connectivity index (χ0n) is 21.5. The number of hydrogen-bond acceptors (Lipinski definition) is 7. The Balaban J connectivity index is 1.78. The largest absolute Gasteiger partial charge is 0.493 e. The van der Waals surface area contributed by atoms with Gasteiger partial charge in [-0.25, -0.2) is 0 Å². The minimum absolute atomic E-state index is 0.0989. The van der Waals surface area contributed by atoms with E-state index >= 15 is 0 Å². The smallest absolute Gasteiger partial charge is 0.247 e. The molecule has 9 heteroatoms. The highest BCUT2D eigenvalue weighted by atomic mass is 32.1. The van der Waals surface area contributed by atoms with Crippen LogP contribution in [0.1, 0.15) is 53.5 Å². The third kappa shape index (κ3) is 6.64. The number of nitrogens with zero attached hydrogens (tertiary/aromatic N) is 1. The van der Waals surface area contributed by atoms with Crippen molar-refractivity contribution in [2.45, 2.75) is 57.2 Å². The maximum atomic E-state index is 14.0. The van der Waals surface area contributed by atoms with Crippen molar-refractivity contribution in [1.29, 1.82) is 0 Å². The van der Waals surface area contributed by atoms with Crippen molar-refractivity contribution in [3.63, 3.8) is 0 Å². The Labute approximate surface area is 226 Å². The van der Waals surface area contributed by atoms with Crippen LogP contribution in [0.25, 0.3) is 0 Å². The molecule has 1 fully saturated rings. The molecule has 0 aliphatic heterocycles. The second-order valence-electron chi connectivity index (χ2n) is 9.06. The zero-order valence-corrected chi connectivity index (χ0v) is 23.2. The molecule has 2 aromatic heterocycles. The van der Waals surface area contributed by atoms with E-state index < -0.39 is 6.04 Å². The van der Waals surface area contributed by atoms with E-state index in [2.05, 4.69) is 5.32 Å². The van der Waals surface area contributed by atoms with Gasteiger partial charge in [-0.2, -0.15) is 0 Å². The molecule has 1 aromatic carbocycles. The van der Waals surface area contributed by atoms with Crippen molar-refractivity contribution in [3.8, 4) is 17.2 Å². The van der Waals surface area contributed by atoms with Crippen LogP contribution in [0, 0.1) is 0 Å². The third-order valence-electron chi connectivity index (χ3n) is 6.65. The number of nitrogens with one attached hydrogen (secondary N) is 1. The highest BCUT2D eigenvalue weighted by Crippen LogP contribution is 2.41. The van der Waals surface area contributed by atoms with Gasteiger partial charge in [0.15, 0.2) is 11.5 Å². The minimum atomic E-state index is -0.870. The lowest BCUT2D eigenvalue weighted by atomic mass is 9.94. The number of carbonyl (C=O) groups excluding carboxylic acids is 2. The van der Waals surface area contributed by atoms with Gasteiger partial charge in [0.2, 0.25) is 17.6 Å². The average molecular weight is 543 g/mol. The summed E-state index contributed by atoms with van der Waals surface area (Å²) in [5.74, 6) is 1.00. The van der Waals surface area contributed by atoms with Crippen molar-refractivity contribution in [2.24, 2.45) is 0 Å². The van der Waals surface area contributed by atoms with Gasteiger partial charge in [-0.1, -0.05) is 31.4 Å². The molecule has 0 bridgehead atoms. The molecule has 3 aromatic rings. The third-order valence-corrected chi connectivity index (χ3v) is 8.38. The summed E-state index contributed by atoms with van der Waals surface area (Å²) >= 11 is 3.10. The van der Waals surface area contributed by atoms with Gasteiger partial charge < -0.3 is 24.4 Å². The predicted octanol–water partition coefficient (Wildman–Crippen LogP) is 5.60. The van der Waals surface area contributed by atoms with E-state index in [4.69, 9.17) is 14.2 Å². The number of methoxy groups -OCH3 is 3. The fourth-order valence-corrected chi connectivity index (χ4v) is 6.22. The van der Waals surface area contributed by atoms with Crippen molar-refractivity contribution in [3.05, 3.63) is 62.5 Å². The molecule has 1 aliphatic rings. The molecule has 0 radical (unpaired) electrons. The number of amides is 2. The summed E-state index contributed by atoms with van der Waals surface area (Å²) in [7, 11) is 4.63. The second kappa shape index (κ2) is 13.0. The van der Waals surface area contributed by atoms with Crippen LogP contribution in [0.15, 0.2) is 47.2 Å². The fraction of sp³-hybridized carbons (Fsp3) is 0.429. The molecule has 1 atom stereocenters. The van der Waals surface area contributed by atoms with Crippen LogP contribution in [0.4, 0.5) is 0 Å². The van der Waals surface area contributed by atoms with Crippen LogP contribution in [-0.2, 0) is 22.6 Å². The SMILES string of the molecule is COc1cc([C@@H](C(=O)NC2CCCCC2)N(Cc2cccs2)C(=O)Cc2cccs2)cc(OC)c1OC. The van der Waals surface area contributed by atoms with E-state index in [0.717, 1.165) is 35.4 Å². The quantitative estimate of drug-likeness (QED) is 0.342. The van der Waals surface area contributed by atoms with Crippen LogP contribution in [0.5, 0.6) is 17.2 Å². The molecule has 2 amide bonds. The highest BCUT2D eigenvalue weighted by Gasteiger charge is 2.35. The standard InChI is InChI=1S/C28H34N2O5S2/c1-33-23-15-19(16-24(34-2)27(23)35-3)26(28(32)29-20-9-5-4-6-10-20)30(18-22-12-8-14-37-22)25(31)17-21-11-7-13-36-21/h7-8,11-16,20,26H,4-6,9-10,17-18H2,1-3H3,(H,29,32)/t26-/m0/s1. The summed E-state index contributed by atoms with van der Waals surface area (Å²) in [6.45, 7) is 0.321. The molecule has 2 heterocycles. The maximum Gasteiger partial charge on any atom is 0.247 e. The average Bonchev–Trinajstić information content (AvgIpc) is 3.62. The van der Waals surface area contributed by atoms with Gasteiger partial charge in [0.05, 0.1) is 34.3 Å². The molecule has 1 aliphatic carbocycles. The first-order valence-electron chi connectivity index (χ1n) is 12.5. The monoisotopic (exact) mass is 542 g/mol. The maximum absolute atomic E-state index is 14.0. The lowest BCUT2D eigenvalue weighted by Crippen LogP contribution is -2.47. The van der Waals surface area contributed by atoms with Gasteiger partial charge in [-0.05, 0) is 53.4 Å². The Morgan fingerprint density at radius 3 is 2.11 bits per heavy atom. The highest BCUT2D eigenvalue weighted by molar-refractivity contribution is 7.10. The predicted molar refractivity (Wildman–Crippen MR) is 147 cm³/mol. The van der Waals surface area contributed by atoms with E-state index in [-0.39, 0.29) is 24.3 Å². The lowest BCUT2D eigenvalue weighted by molar-refractivity contribution is -0.141. The molecular weight excluding hydrogens is 508 g/mol. The Morgan fingerprint density at radius 2 is 1.57 bits per heavy atom. The Morgan fingerprint density at radius 1 is 0.946 bits per heavy atom. The summed E-state index contributed by atoms with van der Waals surface area (Å²) < 4.78 is 16.7. The van der Waals surface area contributed by atoms with Gasteiger partial charge in [0.25, 0.3) is 0 Å². The fourth-order valence-electron chi connectivity index (χ4n) is 4.82. The van der Waals surface area contributed by atoms with Crippen LogP contribution in [0.3, 0.4) is 0 Å². The van der Waals surface area contributed by atoms with E-state index in [0.29, 0.717) is 29.4 Å². The number of rotatable bonds is 11. The first kappa shape index (κ1) is 27.0. The molecule has 1 N–H and O–H groups in total. The molecule has 37 heavy (non-hydrogen) atoms. The van der Waals surface area contributed by atoms with Crippen LogP contribution in [-0.4, -0.2) is 44.1 Å². The number of ether oxygens (including phenoxy) is 3. The molecule has 1 saturated carbocycles. The van der Waals surface area contributed by atoms with Gasteiger partial charge in [-0.15, -0.1) is 22.7 Å². The molecule has 0 spiro atoms. The Bertz CT molecular complexity index is 1130. The molecule has 198 valence electrons. The topological polar surface area (TPSA) is 77.1 Å². The Kier molecular flexibility index (Phi) is 9.46. The van der Waals surface area contributed by atoms with Gasteiger partial charge in [0, 0.05) is 15.8 Å². The first-order valence-corrected chi connectivity index (χ1v) is 14.2. The second-order valence-corrected chi connectivity index (χ2v) is 11.1. The summed E-state index contributed by atoms with van der Waals surface area (Å²) in [5, 5.41) is 7.19. The summed E-state index contributed by atoms with van der Waals surface area (Å²) in [5.41, 5.74) is 0.610. The van der Waals surface area contributed by atoms with Gasteiger partial charge in [0.1, 0.15) is 6.04 Å². The van der Waals surface area contributed by atoms with Crippen molar-refractivity contribution < 1.29 is 23.8 Å². The van der Waals surface area contributed by atoms with Crippen molar-refractivity contribution in [1.82, 2.24) is 10.2 Å². The van der Waals surface area contributed by atoms with E-state index in [1.165, 1.54) is 17.8 Å². The summed E-state index contributed by atoms with van der Waals surface area (Å²) in [6.07, 6.45) is 5.49. The van der Waals surface area contributed by atoms with Crippen LogP contribution < -0.4 is 19.5 Å². The molecule has 0 saturated heterocycles. The summed E-state index contributed by atoms with van der Waals surface area (Å²) in [6, 6.07) is 10.6. The van der Waals surface area contributed by atoms with Crippen LogP contribution in [0.2, 0.25) is 0 Å². The zero-order chi connectivity index (χ0) is 26.2.